The maximum absolute atomic E-state index is 12.4. The lowest BCUT2D eigenvalue weighted by Gasteiger charge is -2.03. The minimum absolute atomic E-state index is 0.206. The van der Waals surface area contributed by atoms with Crippen LogP contribution in [0.1, 0.15) is 17.4 Å². The predicted octanol–water partition coefficient (Wildman–Crippen LogP) is 3.28. The molecule has 0 radical (unpaired) electrons. The third-order valence-electron chi connectivity index (χ3n) is 3.08. The Kier molecular flexibility index (Phi) is 3.30. The average Bonchev–Trinajstić information content (AvgIpc) is 3.20. The van der Waals surface area contributed by atoms with Crippen molar-refractivity contribution in [2.24, 2.45) is 0 Å². The smallest absolute Gasteiger partial charge is 0.253 e. The van der Waals surface area contributed by atoms with E-state index >= 15 is 0 Å². The van der Waals surface area contributed by atoms with Crippen LogP contribution in [0.15, 0.2) is 53.4 Å². The molecule has 2 atom stereocenters. The number of sulfonamides is 1. The SMILES string of the molecule is Cc1ccc(S(=O)(=O)N2O[C@H]2c2ccccc2Cl)cc1. The molecule has 1 unspecified atom stereocenters. The third kappa shape index (κ3) is 2.33. The van der Waals surface area contributed by atoms with Crippen molar-refractivity contribution in [1.82, 2.24) is 4.47 Å². The number of benzene rings is 2. The largest absolute Gasteiger partial charge is 0.267 e. The van der Waals surface area contributed by atoms with E-state index in [1.54, 1.807) is 48.5 Å². The molecule has 1 aliphatic heterocycles. The van der Waals surface area contributed by atoms with Crippen LogP contribution in [-0.4, -0.2) is 12.9 Å². The third-order valence-corrected chi connectivity index (χ3v) is 5.04. The van der Waals surface area contributed by atoms with Crippen LogP contribution in [-0.2, 0) is 14.9 Å². The summed E-state index contributed by atoms with van der Waals surface area (Å²) in [6.07, 6.45) is -0.644. The second kappa shape index (κ2) is 4.86. The molecule has 1 aliphatic rings. The summed E-state index contributed by atoms with van der Waals surface area (Å²) in [5, 5.41) is 0.485. The van der Waals surface area contributed by atoms with Gasteiger partial charge in [-0.3, -0.25) is 4.84 Å². The first kappa shape index (κ1) is 13.6. The maximum atomic E-state index is 12.4. The van der Waals surface area contributed by atoms with Crippen LogP contribution in [0.25, 0.3) is 0 Å². The van der Waals surface area contributed by atoms with E-state index in [4.69, 9.17) is 16.4 Å². The summed E-state index contributed by atoms with van der Waals surface area (Å²) in [7, 11) is -3.64. The van der Waals surface area contributed by atoms with Crippen molar-refractivity contribution < 1.29 is 13.3 Å². The van der Waals surface area contributed by atoms with Crippen LogP contribution in [0.4, 0.5) is 0 Å². The van der Waals surface area contributed by atoms with Crippen LogP contribution < -0.4 is 0 Å². The van der Waals surface area contributed by atoms with E-state index in [9.17, 15) is 8.42 Å². The summed E-state index contributed by atoms with van der Waals surface area (Å²) < 4.78 is 25.7. The Bertz CT molecular complexity index is 743. The van der Waals surface area contributed by atoms with E-state index in [-0.39, 0.29) is 4.90 Å². The summed E-state index contributed by atoms with van der Waals surface area (Å²) in [4.78, 5) is 5.40. The number of hydroxylamine groups is 1. The van der Waals surface area contributed by atoms with Crippen molar-refractivity contribution >= 4 is 21.6 Å². The molecular weight excluding hydrogens is 298 g/mol. The van der Waals surface area contributed by atoms with E-state index in [0.717, 1.165) is 10.0 Å². The lowest BCUT2D eigenvalue weighted by atomic mass is 10.2. The molecule has 6 heteroatoms. The van der Waals surface area contributed by atoms with Crippen molar-refractivity contribution in [3.8, 4) is 0 Å². The van der Waals surface area contributed by atoms with Gasteiger partial charge >= 0.3 is 0 Å². The number of aryl methyl sites for hydroxylation is 1. The van der Waals surface area contributed by atoms with Crippen LogP contribution in [0.2, 0.25) is 5.02 Å². The summed E-state index contributed by atoms with van der Waals surface area (Å²) >= 11 is 6.04. The van der Waals surface area contributed by atoms with Gasteiger partial charge in [-0.1, -0.05) is 47.5 Å². The molecule has 1 fully saturated rings. The fourth-order valence-corrected chi connectivity index (χ4v) is 3.39. The zero-order valence-corrected chi connectivity index (χ0v) is 12.2. The predicted molar refractivity (Wildman–Crippen MR) is 75.5 cm³/mol. The molecular formula is C14H12ClNO3S. The Balaban J connectivity index is 1.89. The fourth-order valence-electron chi connectivity index (χ4n) is 1.91. The lowest BCUT2D eigenvalue weighted by molar-refractivity contribution is 0.283. The van der Waals surface area contributed by atoms with Crippen molar-refractivity contribution in [1.29, 1.82) is 0 Å². The van der Waals surface area contributed by atoms with E-state index in [1.165, 1.54) is 0 Å². The van der Waals surface area contributed by atoms with E-state index in [2.05, 4.69) is 0 Å². The second-order valence-corrected chi connectivity index (χ2v) is 6.74. The minimum atomic E-state index is -3.64. The zero-order valence-electron chi connectivity index (χ0n) is 10.7. The summed E-state index contributed by atoms with van der Waals surface area (Å²) in [6, 6.07) is 13.7. The Morgan fingerprint density at radius 2 is 1.75 bits per heavy atom. The van der Waals surface area contributed by atoms with Gasteiger partial charge < -0.3 is 0 Å². The van der Waals surface area contributed by atoms with Gasteiger partial charge in [-0.05, 0) is 29.6 Å². The van der Waals surface area contributed by atoms with Crippen LogP contribution in [0.5, 0.6) is 0 Å². The van der Waals surface area contributed by atoms with Crippen LogP contribution >= 0.6 is 11.6 Å². The van der Waals surface area contributed by atoms with Gasteiger partial charge in [-0.25, -0.2) is 8.42 Å². The second-order valence-electron chi connectivity index (χ2n) is 4.55. The van der Waals surface area contributed by atoms with Crippen LogP contribution in [0.3, 0.4) is 0 Å². The molecule has 2 aromatic rings. The van der Waals surface area contributed by atoms with Crippen molar-refractivity contribution in [2.75, 3.05) is 0 Å². The van der Waals surface area contributed by atoms with Gasteiger partial charge in [0.25, 0.3) is 10.0 Å². The summed E-state index contributed by atoms with van der Waals surface area (Å²) in [6.45, 7) is 1.90. The molecule has 0 bridgehead atoms. The van der Waals surface area contributed by atoms with Gasteiger partial charge in [-0.2, -0.15) is 0 Å². The molecule has 3 rings (SSSR count). The number of hydrogen-bond acceptors (Lipinski definition) is 3. The normalized spacial score (nSPS) is 21.7. The van der Waals surface area contributed by atoms with E-state index < -0.39 is 16.3 Å². The molecule has 0 amide bonds. The molecule has 104 valence electrons. The molecule has 1 saturated heterocycles. The highest BCUT2D eigenvalue weighted by molar-refractivity contribution is 7.89. The molecule has 4 nitrogen and oxygen atoms in total. The fraction of sp³-hybridized carbons (Fsp3) is 0.143. The Labute approximate surface area is 122 Å². The van der Waals surface area contributed by atoms with Gasteiger partial charge in [0, 0.05) is 10.6 Å². The van der Waals surface area contributed by atoms with Gasteiger partial charge in [0.15, 0.2) is 6.23 Å². The molecule has 0 saturated carbocycles. The summed E-state index contributed by atoms with van der Waals surface area (Å²) in [5.74, 6) is 0. The number of rotatable bonds is 3. The maximum Gasteiger partial charge on any atom is 0.267 e. The first-order valence-corrected chi connectivity index (χ1v) is 7.84. The van der Waals surface area contributed by atoms with Crippen molar-refractivity contribution in [3.05, 3.63) is 64.7 Å². The quantitative estimate of drug-likeness (QED) is 0.818. The molecule has 0 aliphatic carbocycles. The minimum Gasteiger partial charge on any atom is -0.253 e. The Hall–Kier alpha value is -1.40. The molecule has 2 aromatic carbocycles. The number of halogens is 1. The first-order valence-electron chi connectivity index (χ1n) is 6.02. The monoisotopic (exact) mass is 309 g/mol. The Morgan fingerprint density at radius 3 is 2.40 bits per heavy atom. The highest BCUT2D eigenvalue weighted by Gasteiger charge is 2.49. The standard InChI is InChI=1S/C14H12ClNO3S/c1-10-6-8-11(9-7-10)20(17,18)16-14(19-16)12-4-2-3-5-13(12)15/h2-9,14H,1H3/t14-,16?/m0/s1. The molecule has 0 N–H and O–H groups in total. The average molecular weight is 310 g/mol. The van der Waals surface area contributed by atoms with Gasteiger partial charge in [0.2, 0.25) is 0 Å². The Morgan fingerprint density at radius 1 is 1.10 bits per heavy atom. The van der Waals surface area contributed by atoms with E-state index in [1.807, 2.05) is 6.92 Å². The van der Waals surface area contributed by atoms with Crippen molar-refractivity contribution in [3.63, 3.8) is 0 Å². The van der Waals surface area contributed by atoms with Gasteiger partial charge in [0.05, 0.1) is 4.90 Å². The zero-order chi connectivity index (χ0) is 14.3. The molecule has 1 heterocycles. The molecule has 20 heavy (non-hydrogen) atoms. The van der Waals surface area contributed by atoms with E-state index in [0.29, 0.717) is 10.6 Å². The highest BCUT2D eigenvalue weighted by atomic mass is 35.5. The lowest BCUT2D eigenvalue weighted by Crippen LogP contribution is -2.12. The van der Waals surface area contributed by atoms with Gasteiger partial charge in [0.1, 0.15) is 0 Å². The summed E-state index contributed by atoms with van der Waals surface area (Å²) in [5.41, 5.74) is 1.64. The highest BCUT2D eigenvalue weighted by Crippen LogP contribution is 2.44. The number of nitrogens with zero attached hydrogens (tertiary/aromatic N) is 1. The van der Waals surface area contributed by atoms with Crippen LogP contribution in [0, 0.1) is 6.92 Å². The molecule has 0 spiro atoms. The number of hydrogen-bond donors (Lipinski definition) is 0. The topological polar surface area (TPSA) is 49.7 Å². The van der Waals surface area contributed by atoms with Crippen molar-refractivity contribution in [2.45, 2.75) is 18.0 Å². The first-order chi connectivity index (χ1) is 9.50. The molecule has 0 aromatic heterocycles. The van der Waals surface area contributed by atoms with Gasteiger partial charge in [-0.15, -0.1) is 0 Å².